The summed E-state index contributed by atoms with van der Waals surface area (Å²) in [6.45, 7) is 6.91. The van der Waals surface area contributed by atoms with E-state index < -0.39 is 0 Å². The van der Waals surface area contributed by atoms with E-state index in [9.17, 15) is 0 Å². The molecule has 0 amide bonds. The summed E-state index contributed by atoms with van der Waals surface area (Å²) >= 11 is 0. The second-order valence-electron chi connectivity index (χ2n) is 17.3. The van der Waals surface area contributed by atoms with Gasteiger partial charge < -0.3 is 11.5 Å². The summed E-state index contributed by atoms with van der Waals surface area (Å²) in [6, 6.07) is 37.2. The molecule has 1 fully saturated rings. The summed E-state index contributed by atoms with van der Waals surface area (Å²) in [5, 5.41) is 0. The highest BCUT2D eigenvalue weighted by atomic mass is 14.5. The second kappa shape index (κ2) is 22.9. The van der Waals surface area contributed by atoms with Crippen LogP contribution in [0.4, 0.5) is 11.4 Å². The normalized spacial score (nSPS) is 18.3. The van der Waals surface area contributed by atoms with Crippen molar-refractivity contribution in [2.45, 2.75) is 179 Å². The summed E-state index contributed by atoms with van der Waals surface area (Å²) in [7, 11) is 0. The fraction of sp³-hybridized carbons (Fsp3) is 0.547. The number of nitrogens with two attached hydrogens (primary N) is 2. The van der Waals surface area contributed by atoms with Crippen molar-refractivity contribution in [2.75, 3.05) is 11.5 Å². The number of rotatable bonds is 24. The first-order valence-electron chi connectivity index (χ1n) is 22.9. The van der Waals surface area contributed by atoms with Gasteiger partial charge in [0.2, 0.25) is 0 Å². The van der Waals surface area contributed by atoms with Crippen LogP contribution in [-0.2, 0) is 5.41 Å². The molecular formula is C53H76N2. The molecule has 5 rings (SSSR count). The van der Waals surface area contributed by atoms with Gasteiger partial charge in [0.1, 0.15) is 0 Å². The lowest BCUT2D eigenvalue weighted by atomic mass is 9.62. The maximum atomic E-state index is 6.12. The molecule has 0 bridgehead atoms. The van der Waals surface area contributed by atoms with E-state index in [2.05, 4.69) is 118 Å². The van der Waals surface area contributed by atoms with Crippen LogP contribution < -0.4 is 11.5 Å². The maximum absolute atomic E-state index is 6.12. The van der Waals surface area contributed by atoms with Crippen molar-refractivity contribution in [3.63, 3.8) is 0 Å². The van der Waals surface area contributed by atoms with Crippen molar-refractivity contribution in [3.8, 4) is 0 Å². The van der Waals surface area contributed by atoms with Crippen LogP contribution in [0.25, 0.3) is 0 Å². The number of nitrogen functional groups attached to an aromatic ring is 2. The van der Waals surface area contributed by atoms with Crippen molar-refractivity contribution < 1.29 is 0 Å². The van der Waals surface area contributed by atoms with Crippen LogP contribution in [0.3, 0.4) is 0 Å². The molecule has 4 N–H and O–H groups in total. The molecule has 0 spiro atoms. The molecule has 1 aliphatic rings. The molecule has 55 heavy (non-hydrogen) atoms. The summed E-state index contributed by atoms with van der Waals surface area (Å²) in [6.07, 6.45) is 29.2. The lowest BCUT2D eigenvalue weighted by molar-refractivity contribution is 0.250. The quantitative estimate of drug-likeness (QED) is 0.0555. The number of hydrogen-bond donors (Lipinski definition) is 2. The van der Waals surface area contributed by atoms with Crippen molar-refractivity contribution in [1.29, 1.82) is 0 Å². The Morgan fingerprint density at radius 1 is 0.436 bits per heavy atom. The van der Waals surface area contributed by atoms with E-state index >= 15 is 0 Å². The van der Waals surface area contributed by atoms with Crippen molar-refractivity contribution in [3.05, 3.63) is 130 Å². The Balaban J connectivity index is 1.36. The first-order chi connectivity index (χ1) is 27.0. The average Bonchev–Trinajstić information content (AvgIpc) is 3.22. The van der Waals surface area contributed by atoms with Crippen LogP contribution in [0.5, 0.6) is 0 Å². The van der Waals surface area contributed by atoms with Crippen LogP contribution in [0.15, 0.2) is 97.1 Å². The molecule has 4 aromatic carbocycles. The lowest BCUT2D eigenvalue weighted by Crippen LogP contribution is -2.33. The van der Waals surface area contributed by atoms with Gasteiger partial charge >= 0.3 is 0 Å². The molecule has 0 heterocycles. The molecule has 0 aromatic heterocycles. The van der Waals surface area contributed by atoms with E-state index in [0.717, 1.165) is 17.3 Å². The monoisotopic (exact) mass is 741 g/mol. The number of benzene rings is 4. The Morgan fingerprint density at radius 3 is 1.15 bits per heavy atom. The van der Waals surface area contributed by atoms with E-state index in [4.69, 9.17) is 11.5 Å². The van der Waals surface area contributed by atoms with Crippen molar-refractivity contribution in [1.82, 2.24) is 0 Å². The number of anilines is 2. The van der Waals surface area contributed by atoms with E-state index in [1.807, 2.05) is 0 Å². The van der Waals surface area contributed by atoms with E-state index in [1.54, 1.807) is 0 Å². The summed E-state index contributed by atoms with van der Waals surface area (Å²) in [4.78, 5) is 0. The molecule has 0 radical (unpaired) electrons. The highest BCUT2D eigenvalue weighted by Crippen LogP contribution is 2.48. The predicted molar refractivity (Wildman–Crippen MR) is 241 cm³/mol. The average molecular weight is 741 g/mol. The van der Waals surface area contributed by atoms with Gasteiger partial charge in [0.15, 0.2) is 0 Å². The Kier molecular flexibility index (Phi) is 17.7. The third-order valence-electron chi connectivity index (χ3n) is 13.3. The smallest absolute Gasteiger partial charge is 0.0314 e. The summed E-state index contributed by atoms with van der Waals surface area (Å²) in [5.41, 5.74) is 22.6. The fourth-order valence-electron chi connectivity index (χ4n) is 9.72. The van der Waals surface area contributed by atoms with E-state index in [0.29, 0.717) is 11.8 Å². The Labute approximate surface area is 337 Å². The number of hydrogen-bond acceptors (Lipinski definition) is 2. The van der Waals surface area contributed by atoms with E-state index in [1.165, 1.54) is 175 Å². The minimum absolute atomic E-state index is 0.0594. The van der Waals surface area contributed by atoms with Gasteiger partial charge in [-0.05, 0) is 102 Å². The molecule has 1 saturated carbocycles. The molecule has 298 valence electrons. The van der Waals surface area contributed by atoms with Crippen LogP contribution >= 0.6 is 0 Å². The third-order valence-corrected chi connectivity index (χ3v) is 13.3. The van der Waals surface area contributed by atoms with Crippen LogP contribution in [-0.4, -0.2) is 0 Å². The standard InChI is InChI=1S/C53H76N2/c1-4-7-10-11-12-13-14-15-18-19-42-38-40-53(41-39-42,47-30-22-43(23-31-47)51(20-16-8-5-2)45-26-34-49(54)35-27-45)48-32-24-44(25-33-48)52(21-17-9-6-3)46-28-36-50(55)37-29-46/h22-37,42,51-52H,4-21,38-41,54-55H2,1-3H3. The highest BCUT2D eigenvalue weighted by molar-refractivity contribution is 5.47. The fourth-order valence-corrected chi connectivity index (χ4v) is 9.72. The van der Waals surface area contributed by atoms with Gasteiger partial charge in [-0.15, -0.1) is 0 Å². The second-order valence-corrected chi connectivity index (χ2v) is 17.3. The molecule has 2 unspecified atom stereocenters. The molecule has 2 nitrogen and oxygen atoms in total. The number of unbranched alkanes of at least 4 members (excludes halogenated alkanes) is 12. The molecule has 4 aromatic rings. The zero-order valence-electron chi connectivity index (χ0n) is 35.2. The van der Waals surface area contributed by atoms with Gasteiger partial charge in [0.25, 0.3) is 0 Å². The summed E-state index contributed by atoms with van der Waals surface area (Å²) < 4.78 is 0. The minimum atomic E-state index is 0.0594. The Bertz CT molecular complexity index is 1490. The highest BCUT2D eigenvalue weighted by Gasteiger charge is 2.38. The van der Waals surface area contributed by atoms with E-state index in [-0.39, 0.29) is 5.41 Å². The first-order valence-corrected chi connectivity index (χ1v) is 22.9. The topological polar surface area (TPSA) is 52.0 Å². The molecule has 2 heteroatoms. The Hall–Kier alpha value is -3.52. The van der Waals surface area contributed by atoms with Gasteiger partial charge in [0.05, 0.1) is 0 Å². The molecular weight excluding hydrogens is 665 g/mol. The predicted octanol–water partition coefficient (Wildman–Crippen LogP) is 15.7. The van der Waals surface area contributed by atoms with Gasteiger partial charge in [-0.3, -0.25) is 0 Å². The molecule has 0 aliphatic heterocycles. The first kappa shape index (κ1) is 42.6. The zero-order chi connectivity index (χ0) is 38.7. The van der Waals surface area contributed by atoms with Crippen molar-refractivity contribution in [2.24, 2.45) is 5.92 Å². The minimum Gasteiger partial charge on any atom is -0.399 e. The van der Waals surface area contributed by atoms with Crippen LogP contribution in [0, 0.1) is 5.92 Å². The lowest BCUT2D eigenvalue weighted by Gasteiger charge is -2.42. The largest absolute Gasteiger partial charge is 0.399 e. The third kappa shape index (κ3) is 12.5. The van der Waals surface area contributed by atoms with Crippen molar-refractivity contribution >= 4 is 11.4 Å². The van der Waals surface area contributed by atoms with Gasteiger partial charge in [-0.1, -0.05) is 196 Å². The van der Waals surface area contributed by atoms with Crippen LogP contribution in [0.2, 0.25) is 0 Å². The van der Waals surface area contributed by atoms with Gasteiger partial charge in [0, 0.05) is 28.6 Å². The summed E-state index contributed by atoms with van der Waals surface area (Å²) in [5.74, 6) is 1.67. The molecule has 2 atom stereocenters. The van der Waals surface area contributed by atoms with Crippen LogP contribution in [0.1, 0.15) is 207 Å². The van der Waals surface area contributed by atoms with Gasteiger partial charge in [-0.25, -0.2) is 0 Å². The maximum Gasteiger partial charge on any atom is 0.0314 e. The molecule has 0 saturated heterocycles. The molecule has 1 aliphatic carbocycles. The Morgan fingerprint density at radius 2 is 0.764 bits per heavy atom. The SMILES string of the molecule is CCCCCCCCCCCC1CCC(c2ccc(C(CCCCC)c3ccc(N)cc3)cc2)(c2ccc(C(CCCCC)c3ccc(N)cc3)cc2)CC1. The zero-order valence-corrected chi connectivity index (χ0v) is 35.2. The van der Waals surface area contributed by atoms with Gasteiger partial charge in [-0.2, -0.15) is 0 Å².